The minimum Gasteiger partial charge on any atom is -0.381 e. The quantitative estimate of drug-likeness (QED) is 0.943. The van der Waals surface area contributed by atoms with Crippen LogP contribution >= 0.6 is 27.3 Å². The minimum atomic E-state index is -0.661. The molecule has 17 heavy (non-hydrogen) atoms. The first-order valence-corrected chi connectivity index (χ1v) is 7.11. The van der Waals surface area contributed by atoms with E-state index in [1.165, 1.54) is 11.3 Å². The summed E-state index contributed by atoms with van der Waals surface area (Å²) in [4.78, 5) is 5.04. The van der Waals surface area contributed by atoms with Crippen molar-refractivity contribution in [3.05, 3.63) is 32.4 Å². The average molecular weight is 316 g/mol. The largest absolute Gasteiger partial charge is 0.381 e. The lowest BCUT2D eigenvalue weighted by Crippen LogP contribution is -2.10. The fourth-order valence-electron chi connectivity index (χ4n) is 1.73. The number of aliphatic hydroxyl groups is 1. The van der Waals surface area contributed by atoms with Crippen LogP contribution in [0.15, 0.2) is 16.2 Å². The fourth-order valence-corrected chi connectivity index (χ4v) is 3.03. The zero-order valence-corrected chi connectivity index (χ0v) is 12.1. The molecule has 0 aromatic carbocycles. The molecule has 1 unspecified atom stereocenters. The Bertz CT molecular complexity index is 509. The molecule has 0 radical (unpaired) electrons. The minimum absolute atomic E-state index is 0.661. The van der Waals surface area contributed by atoms with Gasteiger partial charge in [0, 0.05) is 6.54 Å². The van der Waals surface area contributed by atoms with E-state index in [4.69, 9.17) is 0 Å². The molecule has 0 fully saturated rings. The Balaban J connectivity index is 2.39. The molecule has 0 saturated heterocycles. The molecule has 2 aromatic heterocycles. The Labute approximate surface area is 112 Å². The van der Waals surface area contributed by atoms with Crippen LogP contribution in [0.25, 0.3) is 0 Å². The molecule has 0 spiro atoms. The molecule has 0 aliphatic heterocycles. The van der Waals surface area contributed by atoms with Crippen LogP contribution in [0.3, 0.4) is 0 Å². The molecule has 92 valence electrons. The van der Waals surface area contributed by atoms with E-state index in [9.17, 15) is 5.11 Å². The molecule has 2 aromatic rings. The fraction of sp³-hybridized carbons (Fsp3) is 0.455. The maximum absolute atomic E-state index is 10.4. The van der Waals surface area contributed by atoms with Crippen LogP contribution in [0.4, 0.5) is 0 Å². The first-order valence-electron chi connectivity index (χ1n) is 5.44. The first-order chi connectivity index (χ1) is 8.15. The van der Waals surface area contributed by atoms with Crippen LogP contribution in [0.5, 0.6) is 0 Å². The van der Waals surface area contributed by atoms with Gasteiger partial charge in [0.15, 0.2) is 0 Å². The van der Waals surface area contributed by atoms with E-state index in [2.05, 4.69) is 32.9 Å². The molecule has 0 aliphatic rings. The lowest BCUT2D eigenvalue weighted by atomic mass is 10.2. The third-order valence-electron chi connectivity index (χ3n) is 2.56. The van der Waals surface area contributed by atoms with Crippen molar-refractivity contribution in [3.63, 3.8) is 0 Å². The molecular weight excluding hydrogens is 302 g/mol. The number of halogens is 1. The summed E-state index contributed by atoms with van der Waals surface area (Å²) >= 11 is 4.91. The van der Waals surface area contributed by atoms with Crippen LogP contribution in [0.1, 0.15) is 35.7 Å². The van der Waals surface area contributed by atoms with Crippen molar-refractivity contribution in [2.24, 2.45) is 0 Å². The van der Waals surface area contributed by atoms with Gasteiger partial charge in [-0.25, -0.2) is 4.98 Å². The van der Waals surface area contributed by atoms with Crippen molar-refractivity contribution >= 4 is 27.3 Å². The van der Waals surface area contributed by atoms with Crippen molar-refractivity contribution in [2.75, 3.05) is 0 Å². The van der Waals surface area contributed by atoms with Gasteiger partial charge in [0.25, 0.3) is 0 Å². The van der Waals surface area contributed by atoms with Gasteiger partial charge in [0.2, 0.25) is 0 Å². The summed E-state index contributed by atoms with van der Waals surface area (Å²) in [5, 5.41) is 14.7. The van der Waals surface area contributed by atoms with Crippen LogP contribution in [-0.4, -0.2) is 19.9 Å². The second kappa shape index (κ2) is 5.29. The van der Waals surface area contributed by atoms with Gasteiger partial charge in [-0.05, 0) is 29.3 Å². The van der Waals surface area contributed by atoms with Gasteiger partial charge in [-0.1, -0.05) is 6.92 Å². The predicted octanol–water partition coefficient (Wildman–Crippen LogP) is 2.90. The highest BCUT2D eigenvalue weighted by Gasteiger charge is 2.22. The van der Waals surface area contributed by atoms with E-state index in [1.807, 2.05) is 11.6 Å². The number of hydrogen-bond acceptors (Lipinski definition) is 4. The third-order valence-corrected chi connectivity index (χ3v) is 4.15. The number of rotatable bonds is 4. The summed E-state index contributed by atoms with van der Waals surface area (Å²) in [7, 11) is 0. The second-order valence-corrected chi connectivity index (χ2v) is 5.55. The second-order valence-electron chi connectivity index (χ2n) is 3.81. The average Bonchev–Trinajstić information content (AvgIpc) is 2.86. The zero-order chi connectivity index (χ0) is 12.4. The topological polar surface area (TPSA) is 50.9 Å². The molecule has 2 rings (SSSR count). The normalized spacial score (nSPS) is 12.9. The maximum atomic E-state index is 10.4. The van der Waals surface area contributed by atoms with Crippen LogP contribution < -0.4 is 0 Å². The summed E-state index contributed by atoms with van der Waals surface area (Å²) in [6.07, 6.45) is 2.05. The summed E-state index contributed by atoms with van der Waals surface area (Å²) in [5.74, 6) is 0. The molecule has 0 amide bonds. The number of aromatic nitrogens is 3. The molecule has 0 saturated carbocycles. The lowest BCUT2D eigenvalue weighted by Gasteiger charge is -2.13. The third kappa shape index (κ3) is 2.43. The van der Waals surface area contributed by atoms with Crippen molar-refractivity contribution in [2.45, 2.75) is 32.9 Å². The molecule has 2 heterocycles. The first kappa shape index (κ1) is 12.7. The number of aryl methyl sites for hydroxylation is 2. The Morgan fingerprint density at radius 2 is 2.35 bits per heavy atom. The van der Waals surface area contributed by atoms with Gasteiger partial charge in [0.1, 0.15) is 6.10 Å². The van der Waals surface area contributed by atoms with Crippen molar-refractivity contribution in [3.8, 4) is 0 Å². The number of hydrogen-bond donors (Lipinski definition) is 1. The van der Waals surface area contributed by atoms with Crippen LogP contribution in [0, 0.1) is 6.92 Å². The standard InChI is InChI=1S/C11H14BrN3OS/c1-3-4-15-9(8(12)5-14-15)10(16)11-7(2)13-6-17-11/h5-6,10,16H,3-4H2,1-2H3. The maximum Gasteiger partial charge on any atom is 0.133 e. The van der Waals surface area contributed by atoms with Crippen molar-refractivity contribution in [1.82, 2.24) is 14.8 Å². The van der Waals surface area contributed by atoms with Gasteiger partial charge in [-0.15, -0.1) is 11.3 Å². The van der Waals surface area contributed by atoms with E-state index in [0.29, 0.717) is 0 Å². The summed E-state index contributed by atoms with van der Waals surface area (Å²) in [6, 6.07) is 0. The van der Waals surface area contributed by atoms with Crippen LogP contribution in [0.2, 0.25) is 0 Å². The van der Waals surface area contributed by atoms with Gasteiger partial charge in [0.05, 0.1) is 32.4 Å². The summed E-state index contributed by atoms with van der Waals surface area (Å²) in [5.41, 5.74) is 3.43. The van der Waals surface area contributed by atoms with E-state index in [1.54, 1.807) is 11.7 Å². The van der Waals surface area contributed by atoms with Gasteiger partial charge in [-0.3, -0.25) is 4.68 Å². The Hall–Kier alpha value is -0.720. The smallest absolute Gasteiger partial charge is 0.133 e. The highest BCUT2D eigenvalue weighted by atomic mass is 79.9. The highest BCUT2D eigenvalue weighted by Crippen LogP contribution is 2.32. The molecule has 0 bridgehead atoms. The number of thiazole rings is 1. The predicted molar refractivity (Wildman–Crippen MR) is 71.1 cm³/mol. The Kier molecular flexibility index (Phi) is 3.96. The van der Waals surface area contributed by atoms with E-state index in [0.717, 1.165) is 33.7 Å². The Morgan fingerprint density at radius 1 is 1.59 bits per heavy atom. The molecule has 0 aliphatic carbocycles. The SMILES string of the molecule is CCCn1ncc(Br)c1C(O)c1scnc1C. The van der Waals surface area contributed by atoms with E-state index < -0.39 is 6.10 Å². The van der Waals surface area contributed by atoms with E-state index >= 15 is 0 Å². The van der Waals surface area contributed by atoms with Gasteiger partial charge in [-0.2, -0.15) is 5.10 Å². The monoisotopic (exact) mass is 315 g/mol. The molecule has 1 atom stereocenters. The molecular formula is C11H14BrN3OS. The number of nitrogens with zero attached hydrogens (tertiary/aromatic N) is 3. The molecule has 6 heteroatoms. The van der Waals surface area contributed by atoms with Crippen molar-refractivity contribution in [1.29, 1.82) is 0 Å². The zero-order valence-electron chi connectivity index (χ0n) is 9.72. The lowest BCUT2D eigenvalue weighted by molar-refractivity contribution is 0.209. The van der Waals surface area contributed by atoms with Gasteiger partial charge < -0.3 is 5.11 Å². The number of aliphatic hydroxyl groups excluding tert-OH is 1. The van der Waals surface area contributed by atoms with Crippen molar-refractivity contribution < 1.29 is 5.11 Å². The van der Waals surface area contributed by atoms with E-state index in [-0.39, 0.29) is 0 Å². The van der Waals surface area contributed by atoms with Gasteiger partial charge >= 0.3 is 0 Å². The summed E-state index contributed by atoms with van der Waals surface area (Å²) in [6.45, 7) is 4.79. The molecule has 4 nitrogen and oxygen atoms in total. The Morgan fingerprint density at radius 3 is 2.94 bits per heavy atom. The summed E-state index contributed by atoms with van der Waals surface area (Å²) < 4.78 is 2.68. The van der Waals surface area contributed by atoms with Crippen LogP contribution in [-0.2, 0) is 6.54 Å². The highest BCUT2D eigenvalue weighted by molar-refractivity contribution is 9.10. The molecule has 1 N–H and O–H groups in total.